The van der Waals surface area contributed by atoms with Gasteiger partial charge in [-0.2, -0.15) is 0 Å². The van der Waals surface area contributed by atoms with E-state index in [4.69, 9.17) is 41.0 Å². The molecule has 24 heavy (non-hydrogen) atoms. The van der Waals surface area contributed by atoms with Crippen molar-refractivity contribution in [3.05, 3.63) is 0 Å². The summed E-state index contributed by atoms with van der Waals surface area (Å²) < 4.78 is 42.8. The standard InChI is InChI=1S/C8H18N6O8P2/c9-23(10,17)13-7(15)21-3-1-19-6-4(2-20-5(3)6)22-8(16)14-24(11,12)18/h3-6H,1-2H2,(H5,9,10,13,15,17)(H5,11,12,14,16,18)/t3-,4?,5-,6-/m1/s1. The highest BCUT2D eigenvalue weighted by atomic mass is 31.2. The zero-order valence-electron chi connectivity index (χ0n) is 12.2. The van der Waals surface area contributed by atoms with E-state index in [0.29, 0.717) is 0 Å². The molecule has 10 N–H and O–H groups in total. The molecule has 0 aromatic heterocycles. The van der Waals surface area contributed by atoms with Crippen LogP contribution in [0.5, 0.6) is 0 Å². The lowest BCUT2D eigenvalue weighted by molar-refractivity contribution is -0.0100. The van der Waals surface area contributed by atoms with Gasteiger partial charge in [-0.15, -0.1) is 0 Å². The van der Waals surface area contributed by atoms with Crippen LogP contribution in [0.25, 0.3) is 0 Å². The Kier molecular flexibility index (Phi) is 5.52. The van der Waals surface area contributed by atoms with Gasteiger partial charge in [-0.25, -0.2) is 19.8 Å². The molecule has 2 heterocycles. The third kappa shape index (κ3) is 5.40. The van der Waals surface area contributed by atoms with Crippen molar-refractivity contribution in [3.8, 4) is 0 Å². The Balaban J connectivity index is 1.87. The van der Waals surface area contributed by atoms with Crippen molar-refractivity contribution in [2.24, 2.45) is 22.0 Å². The van der Waals surface area contributed by atoms with Crippen molar-refractivity contribution in [3.63, 3.8) is 0 Å². The van der Waals surface area contributed by atoms with Crippen molar-refractivity contribution in [1.29, 1.82) is 0 Å². The lowest BCUT2D eigenvalue weighted by atomic mass is 10.1. The maximum atomic E-state index is 11.5. The van der Waals surface area contributed by atoms with Crippen LogP contribution in [0.4, 0.5) is 9.59 Å². The SMILES string of the molecule is NP(N)(=O)NC(=O)OC1CO[C@H]2[C@@H]1OC[C@H]2OC(=O)NP(N)(N)=O. The van der Waals surface area contributed by atoms with E-state index in [2.05, 4.69) is 0 Å². The van der Waals surface area contributed by atoms with Crippen LogP contribution in [-0.2, 0) is 28.1 Å². The molecule has 2 saturated heterocycles. The number of rotatable bonds is 4. The minimum absolute atomic E-state index is 0.0596. The summed E-state index contributed by atoms with van der Waals surface area (Å²) in [6.45, 7) is -0.119. The summed E-state index contributed by atoms with van der Waals surface area (Å²) in [7, 11) is -7.58. The highest BCUT2D eigenvalue weighted by Crippen LogP contribution is 2.31. The van der Waals surface area contributed by atoms with Crippen LogP contribution in [0.15, 0.2) is 0 Å². The summed E-state index contributed by atoms with van der Waals surface area (Å²) in [6.07, 6.45) is -5.37. The minimum Gasteiger partial charge on any atom is -0.441 e. The van der Waals surface area contributed by atoms with Gasteiger partial charge in [0.1, 0.15) is 12.2 Å². The van der Waals surface area contributed by atoms with Crippen molar-refractivity contribution in [2.75, 3.05) is 13.2 Å². The Labute approximate surface area is 135 Å². The van der Waals surface area contributed by atoms with Crippen LogP contribution in [0.1, 0.15) is 0 Å². The van der Waals surface area contributed by atoms with E-state index in [1.807, 2.05) is 0 Å². The first-order valence-corrected chi connectivity index (χ1v) is 10.2. The molecular formula is C8H18N6O8P2. The molecule has 2 rings (SSSR count). The molecule has 0 aromatic rings. The van der Waals surface area contributed by atoms with Gasteiger partial charge in [-0.05, 0) is 0 Å². The number of nitrogens with one attached hydrogen (secondary N) is 2. The van der Waals surface area contributed by atoms with E-state index in [0.717, 1.165) is 0 Å². The van der Waals surface area contributed by atoms with Gasteiger partial charge in [0.25, 0.3) is 0 Å². The quantitative estimate of drug-likeness (QED) is 0.288. The largest absolute Gasteiger partial charge is 0.441 e. The third-order valence-corrected chi connectivity index (χ3v) is 4.08. The van der Waals surface area contributed by atoms with Gasteiger partial charge in [-0.3, -0.25) is 31.1 Å². The predicted molar refractivity (Wildman–Crippen MR) is 78.3 cm³/mol. The van der Waals surface area contributed by atoms with E-state index in [1.165, 1.54) is 0 Å². The first-order valence-electron chi connectivity index (χ1n) is 6.50. The lowest BCUT2D eigenvalue weighted by Crippen LogP contribution is -2.40. The molecule has 0 bridgehead atoms. The maximum absolute atomic E-state index is 11.5. The van der Waals surface area contributed by atoms with Gasteiger partial charge >= 0.3 is 27.4 Å². The number of fused-ring (bicyclic) bond motifs is 1. The van der Waals surface area contributed by atoms with E-state index >= 15 is 0 Å². The number of hydrogen-bond donors (Lipinski definition) is 6. The molecule has 138 valence electrons. The van der Waals surface area contributed by atoms with Crippen molar-refractivity contribution < 1.29 is 37.7 Å². The molecule has 0 radical (unpaired) electrons. The third-order valence-electron chi connectivity index (χ3n) is 3.01. The zero-order chi connectivity index (χ0) is 18.1. The molecular weight excluding hydrogens is 370 g/mol. The van der Waals surface area contributed by atoms with E-state index in [-0.39, 0.29) is 13.2 Å². The Morgan fingerprint density at radius 2 is 1.17 bits per heavy atom. The Morgan fingerprint density at radius 3 is 1.46 bits per heavy atom. The summed E-state index contributed by atoms with van der Waals surface area (Å²) in [5.74, 6) is 0. The second kappa shape index (κ2) is 6.94. The van der Waals surface area contributed by atoms with Crippen LogP contribution in [0.3, 0.4) is 0 Å². The molecule has 14 nitrogen and oxygen atoms in total. The average Bonchev–Trinajstić information content (AvgIpc) is 2.89. The summed E-state index contributed by atoms with van der Waals surface area (Å²) in [4.78, 5) is 23.0. The van der Waals surface area contributed by atoms with Crippen LogP contribution in [0.2, 0.25) is 0 Å². The molecule has 2 fully saturated rings. The van der Waals surface area contributed by atoms with Crippen LogP contribution >= 0.6 is 15.2 Å². The molecule has 0 aliphatic carbocycles. The van der Waals surface area contributed by atoms with Crippen LogP contribution < -0.4 is 32.2 Å². The zero-order valence-corrected chi connectivity index (χ0v) is 14.0. The number of carbonyl (C=O) groups excluding carboxylic acids is 2. The second-order valence-corrected chi connectivity index (χ2v) is 8.41. The van der Waals surface area contributed by atoms with Gasteiger partial charge in [0.05, 0.1) is 13.2 Å². The van der Waals surface area contributed by atoms with E-state index in [1.54, 1.807) is 10.2 Å². The molecule has 2 aliphatic rings. The fourth-order valence-corrected chi connectivity index (χ4v) is 2.92. The number of hydrogen-bond acceptors (Lipinski definition) is 8. The highest BCUT2D eigenvalue weighted by molar-refractivity contribution is 7.57. The molecule has 0 aromatic carbocycles. The molecule has 0 saturated carbocycles. The van der Waals surface area contributed by atoms with Crippen molar-refractivity contribution >= 4 is 27.4 Å². The summed E-state index contributed by atoms with van der Waals surface area (Å²) >= 11 is 0. The number of amides is 2. The van der Waals surface area contributed by atoms with Gasteiger partial charge < -0.3 is 18.9 Å². The molecule has 2 aliphatic heterocycles. The normalized spacial score (nSPS) is 29.7. The minimum atomic E-state index is -3.79. The van der Waals surface area contributed by atoms with Gasteiger partial charge in [0.2, 0.25) is 0 Å². The van der Waals surface area contributed by atoms with Gasteiger partial charge in [-0.1, -0.05) is 0 Å². The van der Waals surface area contributed by atoms with E-state index < -0.39 is 51.8 Å². The molecule has 1 unspecified atom stereocenters. The summed E-state index contributed by atoms with van der Waals surface area (Å²) in [5.41, 5.74) is 20.0. The Bertz CT molecular complexity index is 553. The number of ether oxygens (including phenoxy) is 4. The predicted octanol–water partition coefficient (Wildman–Crippen LogP) is -1.98. The van der Waals surface area contributed by atoms with Gasteiger partial charge in [0.15, 0.2) is 12.2 Å². The Morgan fingerprint density at radius 1 is 0.833 bits per heavy atom. The highest BCUT2D eigenvalue weighted by Gasteiger charge is 2.51. The molecule has 4 atom stereocenters. The van der Waals surface area contributed by atoms with E-state index in [9.17, 15) is 18.7 Å². The topological polar surface area (TPSA) is 233 Å². The first-order chi connectivity index (χ1) is 10.9. The Hall–Kier alpha value is -1.24. The molecule has 0 spiro atoms. The van der Waals surface area contributed by atoms with Gasteiger partial charge in [0, 0.05) is 0 Å². The average molecular weight is 388 g/mol. The first kappa shape index (κ1) is 19.1. The molecule has 16 heteroatoms. The monoisotopic (exact) mass is 388 g/mol. The fraction of sp³-hybridized carbons (Fsp3) is 0.750. The fourth-order valence-electron chi connectivity index (χ4n) is 2.24. The summed E-state index contributed by atoms with van der Waals surface area (Å²) in [5, 5.41) is 3.56. The number of carbonyl (C=O) groups is 2. The van der Waals surface area contributed by atoms with Crippen molar-refractivity contribution in [2.45, 2.75) is 24.4 Å². The van der Waals surface area contributed by atoms with Crippen LogP contribution in [0, 0.1) is 0 Å². The maximum Gasteiger partial charge on any atom is 0.414 e. The summed E-state index contributed by atoms with van der Waals surface area (Å²) in [6, 6.07) is 0. The van der Waals surface area contributed by atoms with Crippen molar-refractivity contribution in [1.82, 2.24) is 10.2 Å². The smallest absolute Gasteiger partial charge is 0.414 e. The molecule has 2 amide bonds. The number of nitrogens with two attached hydrogens (primary N) is 4. The second-order valence-electron chi connectivity index (χ2n) is 5.13. The lowest BCUT2D eigenvalue weighted by Gasteiger charge is -2.18. The van der Waals surface area contributed by atoms with Crippen LogP contribution in [-0.4, -0.2) is 49.8 Å².